The van der Waals surface area contributed by atoms with E-state index in [1.54, 1.807) is 6.92 Å². The number of carbonyl (C=O) groups is 2. The number of aliphatic hydroxyl groups is 1. The molecule has 0 saturated heterocycles. The van der Waals surface area contributed by atoms with Crippen LogP contribution in [-0.4, -0.2) is 46.5 Å². The van der Waals surface area contributed by atoms with E-state index in [1.807, 2.05) is 73.7 Å². The first kappa shape index (κ1) is 28.3. The summed E-state index contributed by atoms with van der Waals surface area (Å²) in [5, 5.41) is 24.6. The molecule has 0 aliphatic heterocycles. The van der Waals surface area contributed by atoms with Crippen molar-refractivity contribution in [1.82, 2.24) is 10.8 Å². The molecule has 38 heavy (non-hydrogen) atoms. The lowest BCUT2D eigenvalue weighted by atomic mass is 10.1. The van der Waals surface area contributed by atoms with Crippen molar-refractivity contribution < 1.29 is 19.9 Å². The minimum Gasteiger partial charge on any atom is -0.391 e. The number of amides is 2. The third-order valence-electron chi connectivity index (χ3n) is 5.69. The van der Waals surface area contributed by atoms with Crippen LogP contribution >= 0.6 is 0 Å². The van der Waals surface area contributed by atoms with E-state index in [1.165, 1.54) is 18.0 Å². The van der Waals surface area contributed by atoms with Crippen molar-refractivity contribution in [1.29, 1.82) is 0 Å². The van der Waals surface area contributed by atoms with E-state index in [-0.39, 0.29) is 12.5 Å². The maximum Gasteiger partial charge on any atom is 0.270 e. The molecule has 0 aliphatic rings. The SMILES string of the molecule is CC(=N[C@H](C(=O)NO)[C@@H](C)O)c1ccc(C#Cc2ccc(NC(=O)CNCc3cccc(C)c3)cc2)cc1. The number of carbonyl (C=O) groups excluding carboxylic acids is 2. The fourth-order valence-corrected chi connectivity index (χ4v) is 3.66. The van der Waals surface area contributed by atoms with Crippen LogP contribution in [0.25, 0.3) is 0 Å². The maximum atomic E-state index is 12.2. The van der Waals surface area contributed by atoms with Crippen molar-refractivity contribution in [3.05, 3.63) is 101 Å². The minimum atomic E-state index is -1.11. The van der Waals surface area contributed by atoms with Gasteiger partial charge in [-0.15, -0.1) is 0 Å². The largest absolute Gasteiger partial charge is 0.391 e. The number of nitrogens with zero attached hydrogens (tertiary/aromatic N) is 1. The van der Waals surface area contributed by atoms with Crippen LogP contribution < -0.4 is 16.1 Å². The summed E-state index contributed by atoms with van der Waals surface area (Å²) in [7, 11) is 0. The Hall–Kier alpha value is -4.29. The summed E-state index contributed by atoms with van der Waals surface area (Å²) in [4.78, 5) is 28.2. The third kappa shape index (κ3) is 8.68. The number of rotatable bonds is 9. The number of aliphatic imine (C=N–C) groups is 1. The minimum absolute atomic E-state index is 0.118. The van der Waals surface area contributed by atoms with Crippen LogP contribution in [0.1, 0.15) is 41.7 Å². The Morgan fingerprint density at radius 2 is 1.61 bits per heavy atom. The predicted molar refractivity (Wildman–Crippen MR) is 148 cm³/mol. The second-order valence-corrected chi connectivity index (χ2v) is 8.92. The molecular weight excluding hydrogens is 480 g/mol. The van der Waals surface area contributed by atoms with Crippen LogP contribution in [0.5, 0.6) is 0 Å². The number of anilines is 1. The summed E-state index contributed by atoms with van der Waals surface area (Å²) in [5.74, 6) is 5.30. The fraction of sp³-hybridized carbons (Fsp3) is 0.233. The van der Waals surface area contributed by atoms with Crippen LogP contribution in [-0.2, 0) is 16.1 Å². The standard InChI is InChI=1S/C30H32N4O4/c1-20-5-4-6-25(17-20)18-31-19-28(36)33-27-15-11-24(12-16-27)8-7-23-9-13-26(14-10-23)21(2)32-29(22(3)35)30(37)34-38/h4-6,9-17,22,29,31,35,38H,18-19H2,1-3H3,(H,33,36)(H,34,37)/t22-,29+/m1/s1. The van der Waals surface area contributed by atoms with Gasteiger partial charge in [-0.1, -0.05) is 53.8 Å². The first-order valence-electron chi connectivity index (χ1n) is 12.2. The van der Waals surface area contributed by atoms with Crippen LogP contribution in [0.3, 0.4) is 0 Å². The van der Waals surface area contributed by atoms with Gasteiger partial charge in [-0.2, -0.15) is 0 Å². The predicted octanol–water partition coefficient (Wildman–Crippen LogP) is 3.19. The molecule has 5 N–H and O–H groups in total. The Labute approximate surface area is 222 Å². The summed E-state index contributed by atoms with van der Waals surface area (Å²) in [6.07, 6.45) is -1.05. The molecule has 0 aliphatic carbocycles. The van der Waals surface area contributed by atoms with Crippen molar-refractivity contribution in [3.63, 3.8) is 0 Å². The highest BCUT2D eigenvalue weighted by atomic mass is 16.5. The van der Waals surface area contributed by atoms with Crippen LogP contribution in [0.4, 0.5) is 5.69 Å². The van der Waals surface area contributed by atoms with E-state index in [0.717, 1.165) is 22.3 Å². The lowest BCUT2D eigenvalue weighted by Crippen LogP contribution is -2.38. The van der Waals surface area contributed by atoms with Gasteiger partial charge in [-0.25, -0.2) is 5.48 Å². The molecule has 0 aromatic heterocycles. The Bertz CT molecular complexity index is 1340. The highest BCUT2D eigenvalue weighted by Crippen LogP contribution is 2.11. The molecule has 2 atom stereocenters. The molecule has 0 fully saturated rings. The van der Waals surface area contributed by atoms with Crippen LogP contribution in [0.15, 0.2) is 77.8 Å². The first-order chi connectivity index (χ1) is 18.2. The Kier molecular flexibility index (Phi) is 10.3. The number of aryl methyl sites for hydroxylation is 1. The molecule has 3 aromatic rings. The third-order valence-corrected chi connectivity index (χ3v) is 5.69. The van der Waals surface area contributed by atoms with Crippen molar-refractivity contribution in [2.75, 3.05) is 11.9 Å². The second kappa shape index (κ2) is 13.9. The highest BCUT2D eigenvalue weighted by molar-refractivity contribution is 6.00. The van der Waals surface area contributed by atoms with E-state index >= 15 is 0 Å². The summed E-state index contributed by atoms with van der Waals surface area (Å²) >= 11 is 0. The highest BCUT2D eigenvalue weighted by Gasteiger charge is 2.22. The molecule has 8 heteroatoms. The summed E-state index contributed by atoms with van der Waals surface area (Å²) in [5.41, 5.74) is 7.44. The van der Waals surface area contributed by atoms with Crippen molar-refractivity contribution >= 4 is 23.2 Å². The fourth-order valence-electron chi connectivity index (χ4n) is 3.66. The molecule has 0 bridgehead atoms. The average Bonchev–Trinajstić information content (AvgIpc) is 2.91. The average molecular weight is 513 g/mol. The van der Waals surface area contributed by atoms with E-state index in [4.69, 9.17) is 5.21 Å². The van der Waals surface area contributed by atoms with Crippen molar-refractivity contribution in [2.24, 2.45) is 4.99 Å². The van der Waals surface area contributed by atoms with Gasteiger partial charge < -0.3 is 15.7 Å². The van der Waals surface area contributed by atoms with Crippen molar-refractivity contribution in [3.8, 4) is 11.8 Å². The zero-order valence-corrected chi connectivity index (χ0v) is 21.7. The molecular formula is C30H32N4O4. The monoisotopic (exact) mass is 512 g/mol. The van der Waals surface area contributed by atoms with Gasteiger partial charge in [0.2, 0.25) is 5.91 Å². The number of nitrogens with one attached hydrogen (secondary N) is 3. The van der Waals surface area contributed by atoms with Gasteiger partial charge in [0, 0.05) is 29.1 Å². The molecule has 2 amide bonds. The second-order valence-electron chi connectivity index (χ2n) is 8.92. The number of hydroxylamine groups is 1. The van der Waals surface area contributed by atoms with E-state index in [9.17, 15) is 14.7 Å². The Morgan fingerprint density at radius 1 is 0.974 bits per heavy atom. The van der Waals surface area contributed by atoms with Gasteiger partial charge >= 0.3 is 0 Å². The van der Waals surface area contributed by atoms with Crippen LogP contribution in [0.2, 0.25) is 0 Å². The molecule has 3 aromatic carbocycles. The molecule has 0 spiro atoms. The Balaban J connectivity index is 1.53. The number of hydrogen-bond acceptors (Lipinski definition) is 6. The smallest absolute Gasteiger partial charge is 0.270 e. The van der Waals surface area contributed by atoms with Crippen LogP contribution in [0, 0.1) is 18.8 Å². The number of benzene rings is 3. The molecule has 3 rings (SSSR count). The molecule has 8 nitrogen and oxygen atoms in total. The number of aliphatic hydroxyl groups excluding tert-OH is 1. The maximum absolute atomic E-state index is 12.2. The van der Waals surface area contributed by atoms with Gasteiger partial charge in [0.15, 0.2) is 6.04 Å². The van der Waals surface area contributed by atoms with E-state index in [0.29, 0.717) is 17.9 Å². The van der Waals surface area contributed by atoms with Gasteiger partial charge in [0.1, 0.15) is 0 Å². The molecule has 0 unspecified atom stereocenters. The Morgan fingerprint density at radius 3 is 2.18 bits per heavy atom. The zero-order valence-electron chi connectivity index (χ0n) is 21.7. The summed E-state index contributed by atoms with van der Waals surface area (Å²) in [6, 6.07) is 21.7. The molecule has 0 radical (unpaired) electrons. The topological polar surface area (TPSA) is 123 Å². The molecule has 0 saturated carbocycles. The molecule has 196 valence electrons. The summed E-state index contributed by atoms with van der Waals surface area (Å²) in [6.45, 7) is 6.03. The quantitative estimate of drug-likeness (QED) is 0.130. The summed E-state index contributed by atoms with van der Waals surface area (Å²) < 4.78 is 0. The van der Waals surface area contributed by atoms with Gasteiger partial charge in [-0.3, -0.25) is 19.8 Å². The number of hydrogen-bond donors (Lipinski definition) is 5. The molecule has 0 heterocycles. The van der Waals surface area contributed by atoms with Gasteiger partial charge in [0.25, 0.3) is 5.91 Å². The van der Waals surface area contributed by atoms with Crippen molar-refractivity contribution in [2.45, 2.75) is 39.5 Å². The van der Waals surface area contributed by atoms with Gasteiger partial charge in [-0.05, 0) is 68.3 Å². The first-order valence-corrected chi connectivity index (χ1v) is 12.2. The lowest BCUT2D eigenvalue weighted by Gasteiger charge is -2.14. The lowest BCUT2D eigenvalue weighted by molar-refractivity contribution is -0.132. The van der Waals surface area contributed by atoms with Gasteiger partial charge in [0.05, 0.1) is 12.6 Å². The van der Waals surface area contributed by atoms with E-state index in [2.05, 4.69) is 33.5 Å². The zero-order chi connectivity index (χ0) is 27.5. The van der Waals surface area contributed by atoms with E-state index < -0.39 is 18.1 Å². The normalized spacial score (nSPS) is 12.6.